The first-order valence-corrected chi connectivity index (χ1v) is 5.72. The van der Waals surface area contributed by atoms with Crippen LogP contribution in [0.5, 0.6) is 0 Å². The highest BCUT2D eigenvalue weighted by Crippen LogP contribution is 2.18. The first kappa shape index (κ1) is 8.78. The Labute approximate surface area is 85.0 Å². The summed E-state index contributed by atoms with van der Waals surface area (Å²) in [6, 6.07) is 12.3. The van der Waals surface area contributed by atoms with E-state index in [1.54, 1.807) is 11.8 Å². The molecule has 0 N–H and O–H groups in total. The van der Waals surface area contributed by atoms with Crippen LogP contribution in [-0.2, 0) is 0 Å². The third-order valence-corrected chi connectivity index (χ3v) is 2.89. The molecule has 63 valence electrons. The molecule has 1 aromatic heterocycles. The predicted molar refractivity (Wildman–Crippen MR) is 58.2 cm³/mol. The van der Waals surface area contributed by atoms with E-state index in [9.17, 15) is 0 Å². The number of para-hydroxylation sites is 1. The number of fused-ring (bicyclic) bond motifs is 1. The molecule has 1 heterocycles. The van der Waals surface area contributed by atoms with Crippen LogP contribution in [0.15, 0.2) is 41.4 Å². The number of thioether (sulfide) groups is 1. The van der Waals surface area contributed by atoms with Gasteiger partial charge >= 0.3 is 0 Å². The molecule has 1 nitrogen and oxygen atoms in total. The largest absolute Gasteiger partial charge is 0.242 e. The summed E-state index contributed by atoms with van der Waals surface area (Å²) in [5.74, 6) is 0. The molecule has 3 heteroatoms. The summed E-state index contributed by atoms with van der Waals surface area (Å²) >= 11 is 1.69. The van der Waals surface area contributed by atoms with Crippen molar-refractivity contribution >= 4 is 32.9 Å². The summed E-state index contributed by atoms with van der Waals surface area (Å²) in [4.78, 5) is 4.50. The van der Waals surface area contributed by atoms with Crippen LogP contribution in [0.25, 0.3) is 10.9 Å². The van der Waals surface area contributed by atoms with Crippen LogP contribution in [0.4, 0.5) is 0 Å². The maximum absolute atomic E-state index is 4.50. The number of aromatic nitrogens is 1. The van der Waals surface area contributed by atoms with E-state index >= 15 is 0 Å². The minimum absolute atomic E-state index is 0.880. The van der Waals surface area contributed by atoms with Gasteiger partial charge < -0.3 is 0 Å². The lowest BCUT2D eigenvalue weighted by Gasteiger charge is -1.99. The minimum Gasteiger partial charge on any atom is -0.242 e. The molecule has 2 aromatic rings. The Morgan fingerprint density at radius 2 is 2.00 bits per heavy atom. The van der Waals surface area contributed by atoms with Crippen molar-refractivity contribution < 1.29 is 0 Å². The summed E-state index contributed by atoms with van der Waals surface area (Å²) in [6.45, 7) is 0. The molecule has 0 saturated heterocycles. The third kappa shape index (κ3) is 1.92. The van der Waals surface area contributed by atoms with E-state index in [1.165, 1.54) is 5.39 Å². The Morgan fingerprint density at radius 1 is 1.15 bits per heavy atom. The highest BCUT2D eigenvalue weighted by molar-refractivity contribution is 8.00. The number of hydrogen-bond acceptors (Lipinski definition) is 2. The number of nitrogens with zero attached hydrogens (tertiary/aromatic N) is 1. The molecule has 0 bridgehead atoms. The van der Waals surface area contributed by atoms with Gasteiger partial charge in [-0.2, -0.15) is 0 Å². The average molecular weight is 202 g/mol. The second-order valence-corrected chi connectivity index (χ2v) is 4.49. The van der Waals surface area contributed by atoms with Gasteiger partial charge in [0.25, 0.3) is 0 Å². The van der Waals surface area contributed by atoms with Crippen LogP contribution >= 0.6 is 11.8 Å². The molecular formula is C10H8NSSi. The Morgan fingerprint density at radius 3 is 2.85 bits per heavy atom. The maximum Gasteiger partial charge on any atom is 0.0964 e. The van der Waals surface area contributed by atoms with Gasteiger partial charge in [-0.3, -0.25) is 0 Å². The highest BCUT2D eigenvalue weighted by atomic mass is 32.2. The SMILES string of the molecule is [Si]CSc1ccc2ccccc2n1. The van der Waals surface area contributed by atoms with Crippen LogP contribution in [0, 0.1) is 0 Å². The van der Waals surface area contributed by atoms with Crippen molar-refractivity contribution in [2.24, 2.45) is 0 Å². The monoisotopic (exact) mass is 202 g/mol. The molecule has 3 radical (unpaired) electrons. The molecule has 13 heavy (non-hydrogen) atoms. The van der Waals surface area contributed by atoms with E-state index in [0.717, 1.165) is 15.9 Å². The topological polar surface area (TPSA) is 12.9 Å². The zero-order chi connectivity index (χ0) is 9.10. The van der Waals surface area contributed by atoms with Crippen molar-refractivity contribution in [2.45, 2.75) is 5.03 Å². The number of pyridine rings is 1. The number of rotatable bonds is 2. The summed E-state index contributed by atoms with van der Waals surface area (Å²) < 4.78 is 0. The van der Waals surface area contributed by atoms with Crippen LogP contribution < -0.4 is 0 Å². The predicted octanol–water partition coefficient (Wildman–Crippen LogP) is 2.45. The van der Waals surface area contributed by atoms with Crippen LogP contribution in [0.3, 0.4) is 0 Å². The summed E-state index contributed by atoms with van der Waals surface area (Å²) in [7, 11) is 3.42. The highest BCUT2D eigenvalue weighted by Gasteiger charge is 1.96. The first-order valence-electron chi connectivity index (χ1n) is 4.03. The van der Waals surface area contributed by atoms with E-state index in [1.807, 2.05) is 24.3 Å². The number of benzene rings is 1. The molecule has 0 aliphatic rings. The van der Waals surface area contributed by atoms with Gasteiger partial charge in [0.1, 0.15) is 0 Å². The molecular weight excluding hydrogens is 194 g/mol. The van der Waals surface area contributed by atoms with E-state index < -0.39 is 0 Å². The van der Waals surface area contributed by atoms with Gasteiger partial charge in [-0.05, 0) is 17.5 Å². The van der Waals surface area contributed by atoms with Crippen LogP contribution in [0.2, 0.25) is 0 Å². The van der Waals surface area contributed by atoms with Crippen molar-refractivity contribution in [3.63, 3.8) is 0 Å². The van der Waals surface area contributed by atoms with Gasteiger partial charge in [0.15, 0.2) is 0 Å². The van der Waals surface area contributed by atoms with Gasteiger partial charge in [0.05, 0.1) is 10.5 Å². The summed E-state index contributed by atoms with van der Waals surface area (Å²) in [5.41, 5.74) is 1.06. The molecule has 0 aliphatic carbocycles. The molecule has 0 aliphatic heterocycles. The van der Waals surface area contributed by atoms with Gasteiger partial charge in [-0.1, -0.05) is 24.3 Å². The van der Waals surface area contributed by atoms with Crippen molar-refractivity contribution in [1.29, 1.82) is 0 Å². The lowest BCUT2D eigenvalue weighted by molar-refractivity contribution is 1.19. The van der Waals surface area contributed by atoms with E-state index in [2.05, 4.69) is 27.4 Å². The van der Waals surface area contributed by atoms with Gasteiger partial charge in [0, 0.05) is 15.6 Å². The van der Waals surface area contributed by atoms with Crippen molar-refractivity contribution in [3.05, 3.63) is 36.4 Å². The standard InChI is InChI=1S/C10H8NSSi/c13-7-12-10-6-5-8-3-1-2-4-9(8)11-10/h1-6H,7H2. The van der Waals surface area contributed by atoms with Gasteiger partial charge in [-0.15, -0.1) is 11.8 Å². The van der Waals surface area contributed by atoms with E-state index in [0.29, 0.717) is 0 Å². The molecule has 0 fully saturated rings. The van der Waals surface area contributed by atoms with Crippen molar-refractivity contribution in [2.75, 3.05) is 5.38 Å². The first-order chi connectivity index (χ1) is 6.40. The molecule has 0 amide bonds. The van der Waals surface area contributed by atoms with Crippen LogP contribution in [-0.4, -0.2) is 20.6 Å². The Balaban J connectivity index is 2.49. The molecule has 2 rings (SSSR count). The van der Waals surface area contributed by atoms with E-state index in [4.69, 9.17) is 0 Å². The summed E-state index contributed by atoms with van der Waals surface area (Å²) in [5, 5.41) is 3.14. The Bertz CT molecular complexity index is 416. The smallest absolute Gasteiger partial charge is 0.0964 e. The van der Waals surface area contributed by atoms with Crippen LogP contribution in [0.1, 0.15) is 0 Å². The fourth-order valence-electron chi connectivity index (χ4n) is 1.20. The van der Waals surface area contributed by atoms with E-state index in [-0.39, 0.29) is 0 Å². The quantitative estimate of drug-likeness (QED) is 0.548. The minimum atomic E-state index is 0.880. The lowest BCUT2D eigenvalue weighted by atomic mass is 10.2. The van der Waals surface area contributed by atoms with Crippen molar-refractivity contribution in [3.8, 4) is 0 Å². The second kappa shape index (κ2) is 3.94. The summed E-state index contributed by atoms with van der Waals surface area (Å²) in [6.07, 6.45) is 0. The average Bonchev–Trinajstić information content (AvgIpc) is 2.18. The molecule has 0 spiro atoms. The molecule has 1 aromatic carbocycles. The molecule has 0 saturated carbocycles. The fraction of sp³-hybridized carbons (Fsp3) is 0.100. The van der Waals surface area contributed by atoms with Gasteiger partial charge in [-0.25, -0.2) is 4.98 Å². The van der Waals surface area contributed by atoms with Gasteiger partial charge in [0.2, 0.25) is 0 Å². The Kier molecular flexibility index (Phi) is 2.66. The Hall–Kier alpha value is -0.803. The second-order valence-electron chi connectivity index (χ2n) is 2.63. The maximum atomic E-state index is 4.50. The van der Waals surface area contributed by atoms with Crippen molar-refractivity contribution in [1.82, 2.24) is 4.98 Å². The zero-order valence-corrected chi connectivity index (χ0v) is 8.84. The lowest BCUT2D eigenvalue weighted by Crippen LogP contribution is -1.83. The normalized spacial score (nSPS) is 10.5. The fourth-order valence-corrected chi connectivity index (χ4v) is 2.12. The molecule has 0 atom stereocenters. The zero-order valence-electron chi connectivity index (χ0n) is 7.03. The number of hydrogen-bond donors (Lipinski definition) is 0. The molecule has 0 unspecified atom stereocenters. The third-order valence-electron chi connectivity index (χ3n) is 1.79.